The molecule has 0 atom stereocenters. The van der Waals surface area contributed by atoms with Crippen molar-refractivity contribution in [1.29, 1.82) is 0 Å². The van der Waals surface area contributed by atoms with E-state index < -0.39 is 0 Å². The number of ether oxygens (including phenoxy) is 1. The Morgan fingerprint density at radius 1 is 0.750 bits per heavy atom. The van der Waals surface area contributed by atoms with Crippen molar-refractivity contribution in [2.75, 3.05) is 0 Å². The van der Waals surface area contributed by atoms with Crippen LogP contribution in [0.4, 0.5) is 0 Å². The molecule has 0 aliphatic rings. The van der Waals surface area contributed by atoms with E-state index in [1.165, 1.54) is 33.1 Å². The SMILES string of the molecule is O=COCc1ccc(Cl)cc1.O=Cc1ccc(Cc2ccc(Cl)cc2)s1.O=Cc1ccc(O[B]O)s1. The lowest BCUT2D eigenvalue weighted by atomic mass is 10.1. The second-order valence-corrected chi connectivity index (χ2v) is 9.91. The molecule has 0 bridgehead atoms. The first-order chi connectivity index (χ1) is 17.5. The van der Waals surface area contributed by atoms with Gasteiger partial charge in [-0.05, 0) is 59.7 Å². The largest absolute Gasteiger partial charge is 0.569 e. The minimum atomic E-state index is 0.306. The predicted octanol–water partition coefficient (Wildman–Crippen LogP) is 6.28. The summed E-state index contributed by atoms with van der Waals surface area (Å²) in [5.41, 5.74) is 2.14. The molecule has 185 valence electrons. The van der Waals surface area contributed by atoms with Crippen LogP contribution in [0.5, 0.6) is 5.06 Å². The van der Waals surface area contributed by atoms with Gasteiger partial charge in [0.05, 0.1) is 9.75 Å². The van der Waals surface area contributed by atoms with E-state index in [4.69, 9.17) is 28.2 Å². The molecular formula is C25H20BCl2O6S2. The Labute approximate surface area is 227 Å². The van der Waals surface area contributed by atoms with Crippen LogP contribution in [0.25, 0.3) is 0 Å². The zero-order valence-electron chi connectivity index (χ0n) is 18.7. The third kappa shape index (κ3) is 11.2. The maximum absolute atomic E-state index is 10.5. The van der Waals surface area contributed by atoms with E-state index in [0.29, 0.717) is 35.7 Å². The molecule has 4 rings (SSSR count). The molecule has 0 saturated heterocycles. The Kier molecular flexibility index (Phi) is 13.6. The van der Waals surface area contributed by atoms with Crippen molar-refractivity contribution in [3.8, 4) is 5.06 Å². The maximum Gasteiger partial charge on any atom is 0.569 e. The van der Waals surface area contributed by atoms with E-state index in [0.717, 1.165) is 34.5 Å². The fourth-order valence-corrected chi connectivity index (χ4v) is 4.34. The maximum atomic E-state index is 10.5. The molecule has 4 aromatic rings. The van der Waals surface area contributed by atoms with Crippen molar-refractivity contribution in [3.63, 3.8) is 0 Å². The van der Waals surface area contributed by atoms with E-state index in [-0.39, 0.29) is 0 Å². The first-order valence-electron chi connectivity index (χ1n) is 10.2. The fraction of sp³-hybridized carbons (Fsp3) is 0.0800. The molecule has 0 saturated carbocycles. The summed E-state index contributed by atoms with van der Waals surface area (Å²) in [5.74, 6) is 0. The number of rotatable bonds is 9. The third-order valence-corrected chi connectivity index (χ3v) is 6.62. The summed E-state index contributed by atoms with van der Waals surface area (Å²) in [6.07, 6.45) is 2.47. The highest BCUT2D eigenvalue weighted by Crippen LogP contribution is 2.22. The zero-order valence-corrected chi connectivity index (χ0v) is 21.9. The van der Waals surface area contributed by atoms with Gasteiger partial charge in [0.2, 0.25) is 0 Å². The quantitative estimate of drug-likeness (QED) is 0.191. The van der Waals surface area contributed by atoms with E-state index in [1.807, 2.05) is 48.5 Å². The van der Waals surface area contributed by atoms with Gasteiger partial charge < -0.3 is 14.4 Å². The van der Waals surface area contributed by atoms with Crippen LogP contribution in [0.2, 0.25) is 10.0 Å². The van der Waals surface area contributed by atoms with Gasteiger partial charge in [0.15, 0.2) is 17.6 Å². The lowest BCUT2D eigenvalue weighted by Crippen LogP contribution is -1.97. The van der Waals surface area contributed by atoms with Crippen molar-refractivity contribution in [1.82, 2.24) is 0 Å². The van der Waals surface area contributed by atoms with Gasteiger partial charge in [0.25, 0.3) is 6.47 Å². The molecule has 0 amide bonds. The molecule has 0 aliphatic carbocycles. The number of carbonyl (C=O) groups is 3. The second-order valence-electron chi connectivity index (χ2n) is 6.76. The van der Waals surface area contributed by atoms with Crippen molar-refractivity contribution >= 4 is 72.6 Å². The summed E-state index contributed by atoms with van der Waals surface area (Å²) in [7, 11) is 0.584. The van der Waals surface area contributed by atoms with Crippen LogP contribution in [0, 0.1) is 0 Å². The zero-order chi connectivity index (χ0) is 26.2. The van der Waals surface area contributed by atoms with Gasteiger partial charge in [-0.2, -0.15) is 0 Å². The number of halogens is 2. The van der Waals surface area contributed by atoms with Crippen LogP contribution in [0.1, 0.15) is 35.3 Å². The van der Waals surface area contributed by atoms with Gasteiger partial charge in [-0.1, -0.05) is 58.8 Å². The van der Waals surface area contributed by atoms with Crippen LogP contribution in [0.3, 0.4) is 0 Å². The van der Waals surface area contributed by atoms with Crippen molar-refractivity contribution in [2.24, 2.45) is 0 Å². The van der Waals surface area contributed by atoms with E-state index >= 15 is 0 Å². The molecule has 0 fully saturated rings. The fourth-order valence-electron chi connectivity index (χ4n) is 2.58. The first-order valence-corrected chi connectivity index (χ1v) is 12.6. The minimum absolute atomic E-state index is 0.306. The van der Waals surface area contributed by atoms with Gasteiger partial charge in [0, 0.05) is 21.3 Å². The van der Waals surface area contributed by atoms with Gasteiger partial charge in [-0.25, -0.2) is 0 Å². The van der Waals surface area contributed by atoms with Crippen LogP contribution < -0.4 is 4.65 Å². The van der Waals surface area contributed by atoms with Crippen LogP contribution in [-0.4, -0.2) is 31.8 Å². The molecule has 0 aliphatic heterocycles. The van der Waals surface area contributed by atoms with Gasteiger partial charge in [-0.15, -0.1) is 11.3 Å². The number of benzene rings is 2. The molecule has 2 aromatic heterocycles. The lowest BCUT2D eigenvalue weighted by molar-refractivity contribution is -0.129. The smallest absolute Gasteiger partial charge is 0.530 e. The molecule has 0 unspecified atom stereocenters. The summed E-state index contributed by atoms with van der Waals surface area (Å²) in [6.45, 7) is 0.731. The average Bonchev–Trinajstić information content (AvgIpc) is 3.55. The van der Waals surface area contributed by atoms with Crippen molar-refractivity contribution in [2.45, 2.75) is 13.0 Å². The molecule has 6 nitrogen and oxygen atoms in total. The minimum Gasteiger partial charge on any atom is -0.530 e. The Balaban J connectivity index is 0.000000196. The number of carbonyl (C=O) groups excluding carboxylic acids is 3. The Morgan fingerprint density at radius 3 is 1.81 bits per heavy atom. The first kappa shape index (κ1) is 29.3. The van der Waals surface area contributed by atoms with Gasteiger partial charge in [-0.3, -0.25) is 14.4 Å². The van der Waals surface area contributed by atoms with E-state index in [9.17, 15) is 14.4 Å². The van der Waals surface area contributed by atoms with Crippen LogP contribution >= 0.6 is 45.9 Å². The highest BCUT2D eigenvalue weighted by molar-refractivity contribution is 7.15. The number of hydrogen-bond donors (Lipinski definition) is 1. The lowest BCUT2D eigenvalue weighted by Gasteiger charge is -1.98. The van der Waals surface area contributed by atoms with E-state index in [1.54, 1.807) is 24.3 Å². The Morgan fingerprint density at radius 2 is 1.31 bits per heavy atom. The molecular weight excluding hydrogens is 542 g/mol. The molecule has 11 heteroatoms. The van der Waals surface area contributed by atoms with Crippen LogP contribution in [0.15, 0.2) is 72.8 Å². The van der Waals surface area contributed by atoms with Gasteiger partial charge >= 0.3 is 7.69 Å². The molecule has 1 N–H and O–H groups in total. The van der Waals surface area contributed by atoms with Crippen LogP contribution in [-0.2, 0) is 22.6 Å². The normalized spacial score (nSPS) is 9.53. The Bertz CT molecular complexity index is 1210. The molecule has 1 radical (unpaired) electrons. The summed E-state index contributed by atoms with van der Waals surface area (Å²) >= 11 is 14.1. The number of aldehydes is 2. The molecule has 0 spiro atoms. The summed E-state index contributed by atoms with van der Waals surface area (Å²) in [5, 5.41) is 10.1. The monoisotopic (exact) mass is 561 g/mol. The topological polar surface area (TPSA) is 89.9 Å². The number of hydrogen-bond acceptors (Lipinski definition) is 8. The highest BCUT2D eigenvalue weighted by atomic mass is 35.5. The summed E-state index contributed by atoms with van der Waals surface area (Å²) < 4.78 is 9.11. The molecule has 2 heterocycles. The summed E-state index contributed by atoms with van der Waals surface area (Å²) in [6, 6.07) is 22.0. The number of thiophene rings is 2. The van der Waals surface area contributed by atoms with Crippen molar-refractivity contribution in [3.05, 3.63) is 109 Å². The molecule has 2 aromatic carbocycles. The second kappa shape index (κ2) is 16.7. The third-order valence-electron chi connectivity index (χ3n) is 4.21. The highest BCUT2D eigenvalue weighted by Gasteiger charge is 2.01. The average molecular weight is 562 g/mol. The Hall–Kier alpha value is -2.95. The van der Waals surface area contributed by atoms with Gasteiger partial charge in [0.1, 0.15) is 6.61 Å². The standard InChI is InChI=1S/C12H9ClOS.C8H7ClO2.C5H4BO3S/c13-10-3-1-9(2-4-10)7-11-5-6-12(8-14)15-11;9-8-3-1-7(2-4-8)5-11-6-10;7-3-4-1-2-5(10-4)9-6-8/h1-6,8H,7H2;1-4,6H,5H2;1-3,8H. The van der Waals surface area contributed by atoms with E-state index in [2.05, 4.69) is 9.39 Å². The summed E-state index contributed by atoms with van der Waals surface area (Å²) in [4.78, 5) is 33.0. The molecule has 36 heavy (non-hydrogen) atoms. The van der Waals surface area contributed by atoms with Crippen molar-refractivity contribution < 1.29 is 28.8 Å². The predicted molar refractivity (Wildman–Crippen MR) is 145 cm³/mol.